The molecular weight excluding hydrogens is 428 g/mol. The zero-order valence-corrected chi connectivity index (χ0v) is 16.3. The third-order valence-corrected chi connectivity index (χ3v) is 5.52. The van der Waals surface area contributed by atoms with Crippen LogP contribution in [-0.2, 0) is 4.74 Å². The predicted octanol–water partition coefficient (Wildman–Crippen LogP) is -0.203. The number of rotatable bonds is 3. The van der Waals surface area contributed by atoms with Crippen LogP contribution in [0.1, 0.15) is 11.7 Å². The van der Waals surface area contributed by atoms with E-state index < -0.39 is 71.1 Å². The third-order valence-electron chi connectivity index (χ3n) is 5.52. The molecule has 4 rings (SSSR count). The minimum Gasteiger partial charge on any atom is -0.507 e. The van der Waals surface area contributed by atoms with E-state index in [2.05, 4.69) is 0 Å². The fourth-order valence-corrected chi connectivity index (χ4v) is 3.78. The van der Waals surface area contributed by atoms with Gasteiger partial charge in [-0.15, -0.1) is 0 Å². The first-order chi connectivity index (χ1) is 15.1. The lowest BCUT2D eigenvalue weighted by Gasteiger charge is -2.40. The Hall–Kier alpha value is -3.35. The maximum absolute atomic E-state index is 13.1. The van der Waals surface area contributed by atoms with Gasteiger partial charge in [-0.25, -0.2) is 0 Å². The van der Waals surface area contributed by atoms with Crippen LogP contribution in [-0.4, -0.2) is 71.9 Å². The second-order valence-corrected chi connectivity index (χ2v) is 7.46. The van der Waals surface area contributed by atoms with Gasteiger partial charge >= 0.3 is 0 Å². The van der Waals surface area contributed by atoms with Crippen LogP contribution in [0.5, 0.6) is 23.0 Å². The largest absolute Gasteiger partial charge is 0.507 e. The highest BCUT2D eigenvalue weighted by atomic mass is 16.5. The summed E-state index contributed by atoms with van der Waals surface area (Å²) in [5.41, 5.74) is -1.34. The number of phenolic OH excluding ortho intramolecular Hbond substituents is 4. The minimum absolute atomic E-state index is 0.0893. The lowest BCUT2D eigenvalue weighted by molar-refractivity contribution is -0.232. The van der Waals surface area contributed by atoms with E-state index in [1.54, 1.807) is 0 Å². The Morgan fingerprint density at radius 2 is 1.59 bits per heavy atom. The van der Waals surface area contributed by atoms with Gasteiger partial charge in [0.2, 0.25) is 5.43 Å². The SMILES string of the molecule is O=c1c(-c2ccc(O)c(O)c2)coc2cc(O)c(C3OC(CO)C(O)C(O)C3O)c(O)c12. The predicted molar refractivity (Wildman–Crippen MR) is 107 cm³/mol. The zero-order chi connectivity index (χ0) is 23.3. The molecule has 0 aliphatic carbocycles. The lowest BCUT2D eigenvalue weighted by Crippen LogP contribution is -2.55. The second kappa shape index (κ2) is 7.97. The summed E-state index contributed by atoms with van der Waals surface area (Å²) in [4.78, 5) is 13.1. The van der Waals surface area contributed by atoms with E-state index in [0.29, 0.717) is 0 Å². The first kappa shape index (κ1) is 21.9. The van der Waals surface area contributed by atoms with Crippen molar-refractivity contribution in [1.29, 1.82) is 0 Å². The van der Waals surface area contributed by atoms with Crippen molar-refractivity contribution in [2.45, 2.75) is 30.5 Å². The maximum Gasteiger partial charge on any atom is 0.204 e. The molecule has 1 aliphatic rings. The number of aliphatic hydroxyl groups is 4. The van der Waals surface area contributed by atoms with Crippen LogP contribution in [0.25, 0.3) is 22.1 Å². The molecule has 1 saturated heterocycles. The minimum atomic E-state index is -1.81. The highest BCUT2D eigenvalue weighted by Crippen LogP contribution is 2.44. The van der Waals surface area contributed by atoms with Gasteiger partial charge < -0.3 is 50.0 Å². The summed E-state index contributed by atoms with van der Waals surface area (Å²) in [6, 6.07) is 4.61. The molecule has 3 aromatic rings. The Morgan fingerprint density at radius 3 is 2.25 bits per heavy atom. The molecule has 0 amide bonds. The summed E-state index contributed by atoms with van der Waals surface area (Å²) in [7, 11) is 0. The topological polar surface area (TPSA) is 201 Å². The Balaban J connectivity index is 1.91. The first-order valence-electron chi connectivity index (χ1n) is 9.48. The molecular formula is C21H20O11. The van der Waals surface area contributed by atoms with Crippen molar-refractivity contribution in [3.63, 3.8) is 0 Å². The molecule has 5 atom stereocenters. The Labute approximate surface area is 179 Å². The van der Waals surface area contributed by atoms with Gasteiger partial charge in [0, 0.05) is 6.07 Å². The normalized spacial score (nSPS) is 25.8. The van der Waals surface area contributed by atoms with Crippen LogP contribution in [0.15, 0.2) is 39.7 Å². The average molecular weight is 448 g/mol. The molecule has 1 aromatic heterocycles. The number of hydrogen-bond donors (Lipinski definition) is 8. The number of fused-ring (bicyclic) bond motifs is 1. The fourth-order valence-electron chi connectivity index (χ4n) is 3.78. The van der Waals surface area contributed by atoms with Crippen LogP contribution in [0.3, 0.4) is 0 Å². The fraction of sp³-hybridized carbons (Fsp3) is 0.286. The summed E-state index contributed by atoms with van der Waals surface area (Å²) in [5, 5.41) is 79.8. The smallest absolute Gasteiger partial charge is 0.204 e. The number of aromatic hydroxyl groups is 4. The maximum atomic E-state index is 13.1. The van der Waals surface area contributed by atoms with Gasteiger partial charge in [-0.2, -0.15) is 0 Å². The standard InChI is InChI=1S/C21H20O11/c22-5-13-17(27)19(29)20(30)21(32-13)14-11(25)4-12-15(18(14)28)16(26)8(6-31-12)7-1-2-9(23)10(24)3-7/h1-4,6,13,17,19-25,27-30H,5H2. The van der Waals surface area contributed by atoms with E-state index in [4.69, 9.17) is 9.15 Å². The van der Waals surface area contributed by atoms with Crippen LogP contribution >= 0.6 is 0 Å². The van der Waals surface area contributed by atoms with Crippen molar-refractivity contribution < 1.29 is 50.0 Å². The third kappa shape index (κ3) is 3.32. The van der Waals surface area contributed by atoms with Crippen molar-refractivity contribution in [2.75, 3.05) is 6.61 Å². The number of ether oxygens (including phenoxy) is 1. The molecule has 11 heteroatoms. The first-order valence-corrected chi connectivity index (χ1v) is 9.48. The number of aliphatic hydroxyl groups excluding tert-OH is 4. The highest BCUT2D eigenvalue weighted by molar-refractivity contribution is 5.90. The van der Waals surface area contributed by atoms with Gasteiger partial charge in [-0.1, -0.05) is 6.07 Å². The Kier molecular flexibility index (Phi) is 5.44. The summed E-state index contributed by atoms with van der Waals surface area (Å²) in [6.45, 7) is -0.729. The van der Waals surface area contributed by atoms with Crippen LogP contribution in [0.4, 0.5) is 0 Å². The molecule has 0 bridgehead atoms. The monoisotopic (exact) mass is 448 g/mol. The molecule has 0 spiro atoms. The van der Waals surface area contributed by atoms with Gasteiger partial charge in [0.15, 0.2) is 11.5 Å². The van der Waals surface area contributed by atoms with Gasteiger partial charge in [-0.05, 0) is 17.7 Å². The van der Waals surface area contributed by atoms with Gasteiger partial charge in [0.05, 0.1) is 17.7 Å². The van der Waals surface area contributed by atoms with Gasteiger partial charge in [0.25, 0.3) is 0 Å². The summed E-state index contributed by atoms with van der Waals surface area (Å²) in [6.07, 6.45) is -7.11. The van der Waals surface area contributed by atoms with Crippen LogP contribution < -0.4 is 5.43 Å². The molecule has 1 aliphatic heterocycles. The highest BCUT2D eigenvalue weighted by Gasteiger charge is 2.46. The molecule has 0 radical (unpaired) electrons. The van der Waals surface area contributed by atoms with E-state index in [1.807, 2.05) is 0 Å². The Morgan fingerprint density at radius 1 is 0.875 bits per heavy atom. The molecule has 5 unspecified atom stereocenters. The van der Waals surface area contributed by atoms with E-state index in [-0.39, 0.29) is 22.1 Å². The second-order valence-electron chi connectivity index (χ2n) is 7.46. The van der Waals surface area contributed by atoms with Crippen molar-refractivity contribution in [3.05, 3.63) is 46.3 Å². The molecule has 2 aromatic carbocycles. The molecule has 11 nitrogen and oxygen atoms in total. The van der Waals surface area contributed by atoms with Gasteiger partial charge in [-0.3, -0.25) is 4.79 Å². The van der Waals surface area contributed by atoms with E-state index >= 15 is 0 Å². The van der Waals surface area contributed by atoms with E-state index in [1.165, 1.54) is 6.07 Å². The summed E-state index contributed by atoms with van der Waals surface area (Å²) >= 11 is 0. The molecule has 0 saturated carbocycles. The average Bonchev–Trinajstić information content (AvgIpc) is 2.75. The van der Waals surface area contributed by atoms with Gasteiger partial charge in [0.1, 0.15) is 59.3 Å². The number of hydrogen-bond acceptors (Lipinski definition) is 11. The van der Waals surface area contributed by atoms with Crippen LogP contribution in [0, 0.1) is 0 Å². The van der Waals surface area contributed by atoms with Crippen LogP contribution in [0.2, 0.25) is 0 Å². The quantitative estimate of drug-likeness (QED) is 0.247. The molecule has 1 fully saturated rings. The van der Waals surface area contributed by atoms with Crippen molar-refractivity contribution in [2.24, 2.45) is 0 Å². The van der Waals surface area contributed by atoms with Crippen molar-refractivity contribution in [3.8, 4) is 34.1 Å². The lowest BCUT2D eigenvalue weighted by atomic mass is 9.89. The van der Waals surface area contributed by atoms with E-state index in [0.717, 1.165) is 24.5 Å². The zero-order valence-electron chi connectivity index (χ0n) is 16.3. The number of phenols is 4. The molecule has 8 N–H and O–H groups in total. The number of benzene rings is 2. The molecule has 170 valence electrons. The summed E-state index contributed by atoms with van der Waals surface area (Å²) in [5.74, 6) is -2.32. The van der Waals surface area contributed by atoms with E-state index in [9.17, 15) is 45.6 Å². The molecule has 2 heterocycles. The van der Waals surface area contributed by atoms with Crippen molar-refractivity contribution >= 4 is 11.0 Å². The van der Waals surface area contributed by atoms with Crippen molar-refractivity contribution in [1.82, 2.24) is 0 Å². The summed E-state index contributed by atoms with van der Waals surface area (Å²) < 4.78 is 10.7. The molecule has 32 heavy (non-hydrogen) atoms. The Bertz CT molecular complexity index is 1230.